The number of hydrogen-bond donors (Lipinski definition) is 1. The van der Waals surface area contributed by atoms with E-state index in [1.165, 1.54) is 6.92 Å². The number of carboxylic acid groups (broad SMARTS) is 1. The fraction of sp³-hybridized carbons (Fsp3) is 0.400. The molecular weight excluding hydrogens is 111 g/mol. The molecule has 1 atom stereocenters. The van der Waals surface area contributed by atoms with Crippen molar-refractivity contribution in [3.63, 3.8) is 0 Å². The summed E-state index contributed by atoms with van der Waals surface area (Å²) in [6.07, 6.45) is 0.582. The Kier molecular flexibility index (Phi) is 2.84. The Morgan fingerprint density at radius 1 is 1.88 bits per heavy atom. The Labute approximate surface area is 46.6 Å². The lowest BCUT2D eigenvalue weighted by molar-refractivity contribution is -0.131. The van der Waals surface area contributed by atoms with Crippen LogP contribution >= 0.6 is 0 Å². The Morgan fingerprint density at radius 3 is 2.50 bits per heavy atom. The number of halogens is 1. The van der Waals surface area contributed by atoms with Gasteiger partial charge in [-0.2, -0.15) is 0 Å². The topological polar surface area (TPSA) is 37.3 Å². The molecule has 8 heavy (non-hydrogen) atoms. The summed E-state index contributed by atoms with van der Waals surface area (Å²) in [7, 11) is 0. The smallest absolute Gasteiger partial charge is 0.328 e. The predicted octanol–water partition coefficient (Wildman–Crippen LogP) is 0.985. The Balaban J connectivity index is 3.50. The highest BCUT2D eigenvalue weighted by atomic mass is 19.1. The first-order chi connectivity index (χ1) is 3.63. The fourth-order valence-corrected chi connectivity index (χ4v) is 0.215. The molecule has 0 aromatic carbocycles. The van der Waals surface area contributed by atoms with E-state index in [0.717, 1.165) is 12.2 Å². The highest BCUT2D eigenvalue weighted by Gasteiger charge is 1.89. The number of rotatable bonds is 2. The molecule has 0 spiro atoms. The number of allylic oxidation sites excluding steroid dienone is 1. The van der Waals surface area contributed by atoms with E-state index in [4.69, 9.17) is 5.11 Å². The minimum atomic E-state index is -1.17. The van der Waals surface area contributed by atoms with Crippen LogP contribution in [0.25, 0.3) is 0 Å². The van der Waals surface area contributed by atoms with Crippen molar-refractivity contribution < 1.29 is 14.3 Å². The van der Waals surface area contributed by atoms with Crippen molar-refractivity contribution in [2.45, 2.75) is 13.1 Å². The quantitative estimate of drug-likeness (QED) is 0.549. The molecule has 0 aliphatic heterocycles. The van der Waals surface area contributed by atoms with E-state index in [2.05, 4.69) is 0 Å². The summed E-state index contributed by atoms with van der Waals surface area (Å²) < 4.78 is 11.7. The molecule has 0 aromatic rings. The predicted molar refractivity (Wildman–Crippen MR) is 27.3 cm³/mol. The van der Waals surface area contributed by atoms with Gasteiger partial charge < -0.3 is 5.11 Å². The molecular formula is C5H7FO2. The molecule has 0 fully saturated rings. The molecule has 46 valence electrons. The van der Waals surface area contributed by atoms with Gasteiger partial charge in [0, 0.05) is 6.08 Å². The zero-order valence-corrected chi connectivity index (χ0v) is 4.47. The Morgan fingerprint density at radius 2 is 2.38 bits per heavy atom. The molecule has 0 aliphatic carbocycles. The van der Waals surface area contributed by atoms with E-state index in [-0.39, 0.29) is 0 Å². The van der Waals surface area contributed by atoms with Gasteiger partial charge in [0.15, 0.2) is 0 Å². The molecule has 0 saturated carbocycles. The minimum Gasteiger partial charge on any atom is -0.478 e. The van der Waals surface area contributed by atoms with Crippen LogP contribution in [0.3, 0.4) is 0 Å². The van der Waals surface area contributed by atoms with Crippen LogP contribution in [0, 0.1) is 0 Å². The molecule has 0 aliphatic rings. The van der Waals surface area contributed by atoms with Gasteiger partial charge >= 0.3 is 5.97 Å². The molecule has 0 rings (SSSR count). The number of carbonyl (C=O) groups is 1. The van der Waals surface area contributed by atoms with Crippen LogP contribution in [0.2, 0.25) is 0 Å². The van der Waals surface area contributed by atoms with Crippen molar-refractivity contribution in [2.24, 2.45) is 0 Å². The van der Waals surface area contributed by atoms with Gasteiger partial charge in [-0.25, -0.2) is 9.18 Å². The van der Waals surface area contributed by atoms with Crippen molar-refractivity contribution in [2.75, 3.05) is 0 Å². The van der Waals surface area contributed by atoms with Crippen molar-refractivity contribution in [1.29, 1.82) is 0 Å². The average molecular weight is 118 g/mol. The zero-order valence-electron chi connectivity index (χ0n) is 4.47. The Hall–Kier alpha value is -0.860. The summed E-state index contributed by atoms with van der Waals surface area (Å²) in [4.78, 5) is 9.65. The van der Waals surface area contributed by atoms with Gasteiger partial charge in [-0.15, -0.1) is 0 Å². The molecule has 1 unspecified atom stereocenters. The minimum absolute atomic E-state index is 0.782. The number of alkyl halides is 1. The lowest BCUT2D eigenvalue weighted by Crippen LogP contribution is -1.90. The van der Waals surface area contributed by atoms with E-state index in [1.807, 2.05) is 0 Å². The molecule has 0 radical (unpaired) electrons. The van der Waals surface area contributed by atoms with E-state index >= 15 is 0 Å². The van der Waals surface area contributed by atoms with Crippen LogP contribution in [0.15, 0.2) is 12.2 Å². The monoisotopic (exact) mass is 118 g/mol. The first-order valence-corrected chi connectivity index (χ1v) is 2.18. The van der Waals surface area contributed by atoms with Crippen molar-refractivity contribution in [3.8, 4) is 0 Å². The summed E-state index contributed by atoms with van der Waals surface area (Å²) in [5.74, 6) is -1.12. The largest absolute Gasteiger partial charge is 0.478 e. The fourth-order valence-electron chi connectivity index (χ4n) is 0.215. The first kappa shape index (κ1) is 7.14. The first-order valence-electron chi connectivity index (χ1n) is 2.18. The average Bonchev–Trinajstić information content (AvgIpc) is 1.61. The van der Waals surface area contributed by atoms with Crippen LogP contribution in [-0.4, -0.2) is 17.2 Å². The maximum atomic E-state index is 11.7. The van der Waals surface area contributed by atoms with Crippen molar-refractivity contribution in [3.05, 3.63) is 12.2 Å². The van der Waals surface area contributed by atoms with Gasteiger partial charge in [-0.05, 0) is 13.0 Å². The molecule has 2 nitrogen and oxygen atoms in total. The molecule has 1 N–H and O–H groups in total. The second-order valence-electron chi connectivity index (χ2n) is 1.37. The van der Waals surface area contributed by atoms with E-state index in [1.54, 1.807) is 0 Å². The standard InChI is InChI=1S/C5H7FO2/c1-4(6)2-3-5(7)8/h2-4H,1H3,(H,7,8)/b3-2+. The van der Waals surface area contributed by atoms with Gasteiger partial charge in [0.25, 0.3) is 0 Å². The summed E-state index contributed by atoms with van der Waals surface area (Å²) in [5, 5.41) is 7.91. The van der Waals surface area contributed by atoms with Crippen LogP contribution in [0.5, 0.6) is 0 Å². The van der Waals surface area contributed by atoms with Gasteiger partial charge in [0.2, 0.25) is 0 Å². The molecule has 0 heterocycles. The van der Waals surface area contributed by atoms with Gasteiger partial charge in [0.05, 0.1) is 0 Å². The molecule has 0 amide bonds. The van der Waals surface area contributed by atoms with E-state index in [0.29, 0.717) is 0 Å². The SMILES string of the molecule is CC(F)/C=C/C(=O)O. The molecule has 0 bridgehead atoms. The zero-order chi connectivity index (χ0) is 6.57. The van der Waals surface area contributed by atoms with E-state index < -0.39 is 12.1 Å². The Bertz CT molecular complexity index is 107. The van der Waals surface area contributed by atoms with Crippen LogP contribution in [0.1, 0.15) is 6.92 Å². The van der Waals surface area contributed by atoms with Gasteiger partial charge in [0.1, 0.15) is 6.17 Å². The van der Waals surface area contributed by atoms with Gasteiger partial charge in [-0.3, -0.25) is 0 Å². The lowest BCUT2D eigenvalue weighted by Gasteiger charge is -1.84. The second-order valence-corrected chi connectivity index (χ2v) is 1.37. The van der Waals surface area contributed by atoms with Crippen molar-refractivity contribution >= 4 is 5.97 Å². The van der Waals surface area contributed by atoms with Crippen LogP contribution < -0.4 is 0 Å². The number of carboxylic acids is 1. The maximum absolute atomic E-state index is 11.7. The summed E-state index contributed by atoms with van der Waals surface area (Å²) in [6.45, 7) is 1.26. The third-order valence-electron chi connectivity index (χ3n) is 0.504. The number of aliphatic carboxylic acids is 1. The third kappa shape index (κ3) is 5.14. The van der Waals surface area contributed by atoms with Crippen molar-refractivity contribution in [1.82, 2.24) is 0 Å². The third-order valence-corrected chi connectivity index (χ3v) is 0.504. The summed E-state index contributed by atoms with van der Waals surface area (Å²) in [6, 6.07) is 0. The summed E-state index contributed by atoms with van der Waals surface area (Å²) >= 11 is 0. The maximum Gasteiger partial charge on any atom is 0.328 e. The normalized spacial score (nSPS) is 14.2. The molecule has 3 heteroatoms. The van der Waals surface area contributed by atoms with Crippen LogP contribution in [0.4, 0.5) is 4.39 Å². The lowest BCUT2D eigenvalue weighted by atomic mass is 10.4. The second kappa shape index (κ2) is 3.18. The van der Waals surface area contributed by atoms with Gasteiger partial charge in [-0.1, -0.05) is 0 Å². The summed E-state index contributed by atoms with van der Waals surface area (Å²) in [5.41, 5.74) is 0. The van der Waals surface area contributed by atoms with E-state index in [9.17, 15) is 9.18 Å². The van der Waals surface area contributed by atoms with Crippen LogP contribution in [-0.2, 0) is 4.79 Å². The molecule has 0 saturated heterocycles. The molecule has 0 aromatic heterocycles. The highest BCUT2D eigenvalue weighted by molar-refractivity contribution is 5.79. The number of hydrogen-bond acceptors (Lipinski definition) is 1. The highest BCUT2D eigenvalue weighted by Crippen LogP contribution is 1.88.